The highest BCUT2D eigenvalue weighted by atomic mass is 31.2. The fourth-order valence-corrected chi connectivity index (χ4v) is 4.73. The normalized spacial score (nSPS) is 19.4. The Kier molecular flexibility index (Phi) is 7.18. The first-order valence-corrected chi connectivity index (χ1v) is 10.3. The van der Waals surface area contributed by atoms with Crippen molar-refractivity contribution in [3.05, 3.63) is 48.6 Å². The first-order chi connectivity index (χ1) is 12.3. The fourth-order valence-electron chi connectivity index (χ4n) is 2.55. The van der Waals surface area contributed by atoms with Gasteiger partial charge in [0.1, 0.15) is 19.8 Å². The molecule has 144 valence electrons. The second-order valence-corrected chi connectivity index (χ2v) is 9.04. The lowest BCUT2D eigenvalue weighted by Gasteiger charge is -2.43. The lowest BCUT2D eigenvalue weighted by Crippen LogP contribution is -2.48. The van der Waals surface area contributed by atoms with Crippen LogP contribution in [-0.2, 0) is 20.4 Å². The van der Waals surface area contributed by atoms with Crippen LogP contribution in [0.3, 0.4) is 0 Å². The van der Waals surface area contributed by atoms with E-state index in [1.807, 2.05) is 51.1 Å². The molecule has 1 aliphatic rings. The van der Waals surface area contributed by atoms with E-state index < -0.39 is 20.2 Å². The first-order valence-electron chi connectivity index (χ1n) is 8.83. The van der Waals surface area contributed by atoms with Crippen LogP contribution < -0.4 is 4.89 Å². The Balaban J connectivity index is 2.17. The summed E-state index contributed by atoms with van der Waals surface area (Å²) in [6, 6.07) is 8.83. The summed E-state index contributed by atoms with van der Waals surface area (Å²) in [5, 5.41) is 0. The zero-order chi connectivity index (χ0) is 19.2. The van der Waals surface area contributed by atoms with Gasteiger partial charge in [-0.25, -0.2) is 4.79 Å². The maximum Gasteiger partial charge on any atom is 0.446 e. The molecule has 26 heavy (non-hydrogen) atoms. The van der Waals surface area contributed by atoms with Crippen molar-refractivity contribution in [2.75, 3.05) is 13.2 Å². The summed E-state index contributed by atoms with van der Waals surface area (Å²) in [4.78, 5) is 26.1. The third-order valence-electron chi connectivity index (χ3n) is 4.06. The van der Waals surface area contributed by atoms with Crippen LogP contribution in [0.4, 0.5) is 4.79 Å². The second-order valence-electron chi connectivity index (χ2n) is 7.16. The lowest BCUT2D eigenvalue weighted by molar-refractivity contribution is -0.248. The minimum Gasteiger partial charge on any atom is -0.612 e. The van der Waals surface area contributed by atoms with Crippen LogP contribution in [0.2, 0.25) is 0 Å². The summed E-state index contributed by atoms with van der Waals surface area (Å²) in [6.45, 7) is 10.2. The Morgan fingerprint density at radius 3 is 2.54 bits per heavy atom. The summed E-state index contributed by atoms with van der Waals surface area (Å²) in [7, 11) is -3.80. The molecule has 2 rings (SSSR count). The molecule has 1 atom stereocenters. The average molecular weight is 381 g/mol. The summed E-state index contributed by atoms with van der Waals surface area (Å²) < 4.78 is 17.6. The van der Waals surface area contributed by atoms with Crippen molar-refractivity contribution in [3.8, 4) is 0 Å². The molecule has 0 aromatic heterocycles. The van der Waals surface area contributed by atoms with Crippen LogP contribution >= 0.6 is 8.09 Å². The van der Waals surface area contributed by atoms with E-state index in [2.05, 4.69) is 6.58 Å². The van der Waals surface area contributed by atoms with E-state index in [1.165, 1.54) is 0 Å². The molecule has 1 aromatic carbocycles. The molecular weight excluding hydrogens is 353 g/mol. The molecule has 0 saturated carbocycles. The molecule has 1 saturated heterocycles. The van der Waals surface area contributed by atoms with Crippen LogP contribution in [0, 0.1) is 5.41 Å². The van der Waals surface area contributed by atoms with Gasteiger partial charge in [-0.1, -0.05) is 63.6 Å². The summed E-state index contributed by atoms with van der Waals surface area (Å²) in [5.74, 6) is 0. The van der Waals surface area contributed by atoms with Crippen molar-refractivity contribution < 1.29 is 23.5 Å². The topological polar surface area (TPSA) is 71.1 Å². The van der Waals surface area contributed by atoms with Gasteiger partial charge >= 0.3 is 14.2 Å². The highest BCUT2D eigenvalue weighted by Crippen LogP contribution is 2.61. The molecule has 7 heteroatoms. The van der Waals surface area contributed by atoms with E-state index in [-0.39, 0.29) is 25.2 Å². The minimum absolute atomic E-state index is 0.0810. The largest absolute Gasteiger partial charge is 0.612 e. The highest BCUT2D eigenvalue weighted by molar-refractivity contribution is 7.57. The molecule has 0 N–H and O–H groups in total. The van der Waals surface area contributed by atoms with Gasteiger partial charge in [0.2, 0.25) is 0 Å². The molecule has 1 aliphatic heterocycles. The Labute approximate surface area is 156 Å². The van der Waals surface area contributed by atoms with Crippen molar-refractivity contribution in [3.63, 3.8) is 0 Å². The Hall–Kier alpha value is -1.46. The number of ether oxygens (including phenoxy) is 1. The van der Waals surface area contributed by atoms with Crippen LogP contribution in [0.1, 0.15) is 39.2 Å². The molecule has 1 amide bonds. The number of hydrogen-bond acceptors (Lipinski definition) is 5. The van der Waals surface area contributed by atoms with Gasteiger partial charge in [-0.3, -0.25) is 0 Å². The molecule has 0 spiro atoms. The Bertz CT molecular complexity index is 597. The maximum absolute atomic E-state index is 13.3. The van der Waals surface area contributed by atoms with Crippen LogP contribution in [-0.4, -0.2) is 30.0 Å². The van der Waals surface area contributed by atoms with E-state index in [1.54, 1.807) is 6.08 Å². The lowest BCUT2D eigenvalue weighted by atomic mass is 9.97. The van der Waals surface area contributed by atoms with Gasteiger partial charge in [0.05, 0.1) is 6.04 Å². The number of nitrogens with zero attached hydrogens (tertiary/aromatic N) is 1. The van der Waals surface area contributed by atoms with E-state index in [0.29, 0.717) is 6.42 Å². The molecule has 0 radical (unpaired) electrons. The summed E-state index contributed by atoms with van der Waals surface area (Å²) in [6.07, 6.45) is 2.23. The van der Waals surface area contributed by atoms with E-state index in [4.69, 9.17) is 13.8 Å². The van der Waals surface area contributed by atoms with E-state index in [0.717, 1.165) is 16.7 Å². The second kappa shape index (κ2) is 8.96. The maximum atomic E-state index is 13.3. The molecule has 1 heterocycles. The highest BCUT2D eigenvalue weighted by Gasteiger charge is 2.52. The number of rotatable bonds is 7. The number of carbonyl (C=O) groups excluding carboxylic acids is 1. The number of carbonyl (C=O) groups is 1. The van der Waals surface area contributed by atoms with Crippen molar-refractivity contribution in [1.29, 1.82) is 0 Å². The monoisotopic (exact) mass is 381 g/mol. The molecule has 1 unspecified atom stereocenters. The van der Waals surface area contributed by atoms with Gasteiger partial charge < -0.3 is 9.63 Å². The van der Waals surface area contributed by atoms with E-state index in [9.17, 15) is 9.69 Å². The van der Waals surface area contributed by atoms with Crippen molar-refractivity contribution in [2.45, 2.75) is 46.3 Å². The molecule has 1 fully saturated rings. The number of amides is 1. The third kappa shape index (κ3) is 5.27. The minimum atomic E-state index is -3.80. The third-order valence-corrected chi connectivity index (χ3v) is 5.96. The smallest absolute Gasteiger partial charge is 0.446 e. The molecular formula is C19H28NO5P. The summed E-state index contributed by atoms with van der Waals surface area (Å²) in [5.41, 5.74) is 0.582. The Morgan fingerprint density at radius 2 is 2.00 bits per heavy atom. The molecule has 1 aromatic rings. The van der Waals surface area contributed by atoms with Gasteiger partial charge in [0, 0.05) is 5.41 Å². The standard InChI is InChI=1S/C19H28NO5P/c1-5-10-17(6-2)20(26(22)24-14-19(3,4)15-25-26)18(21)23-13-16-11-8-7-9-12-16/h6-9,11-12,17H,2,5,10,13-15H2,1,3-4H3. The van der Waals surface area contributed by atoms with Gasteiger partial charge in [0.25, 0.3) is 0 Å². The Morgan fingerprint density at radius 1 is 1.38 bits per heavy atom. The quantitative estimate of drug-likeness (QED) is 0.525. The number of hydrogen-bond donors (Lipinski definition) is 0. The van der Waals surface area contributed by atoms with Crippen LogP contribution in [0.15, 0.2) is 43.0 Å². The van der Waals surface area contributed by atoms with Crippen molar-refractivity contribution in [2.24, 2.45) is 5.41 Å². The van der Waals surface area contributed by atoms with Crippen molar-refractivity contribution >= 4 is 14.2 Å². The summed E-state index contributed by atoms with van der Waals surface area (Å²) >= 11 is 0. The van der Waals surface area contributed by atoms with Crippen LogP contribution in [0.25, 0.3) is 0 Å². The average Bonchev–Trinajstić information content (AvgIpc) is 2.63. The van der Waals surface area contributed by atoms with Gasteiger partial charge in [-0.05, 0) is 12.0 Å². The molecule has 6 nitrogen and oxygen atoms in total. The van der Waals surface area contributed by atoms with Crippen molar-refractivity contribution in [1.82, 2.24) is 4.67 Å². The fraction of sp³-hybridized carbons (Fsp3) is 0.526. The van der Waals surface area contributed by atoms with E-state index >= 15 is 0 Å². The predicted octanol–water partition coefficient (Wildman–Crippen LogP) is 4.09. The van der Waals surface area contributed by atoms with Gasteiger partial charge in [0.15, 0.2) is 0 Å². The number of benzene rings is 1. The SMILES string of the molecule is C=CC(CCC)N(C(=O)OCc1ccccc1)[P+]1([O-])OCC(C)(C)CO1. The first kappa shape index (κ1) is 20.8. The molecule has 0 bridgehead atoms. The zero-order valence-corrected chi connectivity index (χ0v) is 16.6. The zero-order valence-electron chi connectivity index (χ0n) is 15.7. The van der Waals surface area contributed by atoms with Gasteiger partial charge in [-0.2, -0.15) is 9.05 Å². The van der Waals surface area contributed by atoms with Gasteiger partial charge in [-0.15, -0.1) is 11.2 Å². The van der Waals surface area contributed by atoms with Crippen LogP contribution in [0.5, 0.6) is 0 Å². The molecule has 0 aliphatic carbocycles. The predicted molar refractivity (Wildman–Crippen MR) is 100.0 cm³/mol.